The van der Waals surface area contributed by atoms with E-state index in [0.29, 0.717) is 0 Å². The fraction of sp³-hybridized carbons (Fsp3) is 1.00. The first kappa shape index (κ1) is 25.0. The molecule has 0 saturated carbocycles. The molecule has 0 aromatic rings. The van der Waals surface area contributed by atoms with E-state index in [1.807, 2.05) is 13.8 Å². The number of rotatable bonds is 5. The van der Waals surface area contributed by atoms with Crippen LogP contribution >= 0.6 is 0 Å². The molecule has 16 heavy (non-hydrogen) atoms. The van der Waals surface area contributed by atoms with Crippen LogP contribution in [0, 0.1) is 0 Å². The van der Waals surface area contributed by atoms with E-state index >= 15 is 0 Å². The Kier molecular flexibility index (Phi) is 71.8. The van der Waals surface area contributed by atoms with Gasteiger partial charge in [0.15, 0.2) is 0 Å². The van der Waals surface area contributed by atoms with Gasteiger partial charge >= 0.3 is 0 Å². The van der Waals surface area contributed by atoms with Gasteiger partial charge in [-0.25, -0.2) is 0 Å². The van der Waals surface area contributed by atoms with Crippen molar-refractivity contribution in [1.29, 1.82) is 0 Å². The summed E-state index contributed by atoms with van der Waals surface area (Å²) in [5.41, 5.74) is 0. The maximum Gasteiger partial charge on any atom is -0.0533 e. The summed E-state index contributed by atoms with van der Waals surface area (Å²) in [6.07, 6.45) is 10.9. The Balaban J connectivity index is -0.0000000685. The summed E-state index contributed by atoms with van der Waals surface area (Å²) in [4.78, 5) is 0. The first-order valence-electron chi connectivity index (χ1n) is 7.74. The summed E-state index contributed by atoms with van der Waals surface area (Å²) in [6, 6.07) is 0. The molecule has 0 rings (SSSR count). The molecule has 0 radical (unpaired) electrons. The van der Waals surface area contributed by atoms with Crippen LogP contribution in [0.3, 0.4) is 0 Å². The van der Waals surface area contributed by atoms with Gasteiger partial charge in [-0.3, -0.25) is 0 Å². The Bertz CT molecular complexity index is 42.0. The fourth-order valence-electron chi connectivity index (χ4n) is 0.677. The molecule has 0 spiro atoms. The van der Waals surface area contributed by atoms with Crippen molar-refractivity contribution in [2.24, 2.45) is 0 Å². The molecular weight excluding hydrogens is 192 g/mol. The van der Waals surface area contributed by atoms with E-state index < -0.39 is 0 Å². The first-order valence-corrected chi connectivity index (χ1v) is 7.74. The monoisotopic (exact) mass is 232 g/mol. The lowest BCUT2D eigenvalue weighted by atomic mass is 10.2. The molecule has 0 amide bonds. The fourth-order valence-corrected chi connectivity index (χ4v) is 0.677. The van der Waals surface area contributed by atoms with Crippen LogP contribution in [-0.4, -0.2) is 0 Å². The van der Waals surface area contributed by atoms with Gasteiger partial charge in [0.05, 0.1) is 0 Å². The molecule has 0 aromatic heterocycles. The minimum absolute atomic E-state index is 1.25. The first-order chi connectivity index (χ1) is 7.74. The lowest BCUT2D eigenvalue weighted by Gasteiger charge is -1.90. The molecule has 0 unspecified atom stereocenters. The normalized spacial score (nSPS) is 7.50. The highest BCUT2D eigenvalue weighted by atomic mass is 13.9. The van der Waals surface area contributed by atoms with Gasteiger partial charge in [0.1, 0.15) is 0 Å². The lowest BCUT2D eigenvalue weighted by Crippen LogP contribution is -1.70. The van der Waals surface area contributed by atoms with Crippen molar-refractivity contribution in [2.75, 3.05) is 0 Å². The summed E-state index contributed by atoms with van der Waals surface area (Å²) >= 11 is 0. The van der Waals surface area contributed by atoms with Crippen molar-refractivity contribution in [2.45, 2.75) is 107 Å². The molecule has 0 N–H and O–H groups in total. The third-order valence-corrected chi connectivity index (χ3v) is 1.71. The number of hydrogen-bond donors (Lipinski definition) is 0. The second-order valence-electron chi connectivity index (χ2n) is 3.77. The molecular formula is C16H40. The van der Waals surface area contributed by atoms with Crippen LogP contribution in [-0.2, 0) is 0 Å². The van der Waals surface area contributed by atoms with Gasteiger partial charge < -0.3 is 0 Å². The quantitative estimate of drug-likeness (QED) is 0.439. The average molecular weight is 232 g/mol. The van der Waals surface area contributed by atoms with Gasteiger partial charge in [-0.2, -0.15) is 0 Å². The molecule has 0 heteroatoms. The van der Waals surface area contributed by atoms with Crippen molar-refractivity contribution in [3.8, 4) is 0 Å². The Morgan fingerprint density at radius 2 is 0.688 bits per heavy atom. The van der Waals surface area contributed by atoms with Crippen LogP contribution < -0.4 is 0 Å². The van der Waals surface area contributed by atoms with Crippen molar-refractivity contribution in [1.82, 2.24) is 0 Å². The lowest BCUT2D eigenvalue weighted by molar-refractivity contribution is 0.656. The van der Waals surface area contributed by atoms with Crippen molar-refractivity contribution >= 4 is 0 Å². The number of unbranched alkanes of at least 4 members (excludes halogenated alkanes) is 5. The van der Waals surface area contributed by atoms with Gasteiger partial charge in [-0.15, -0.1) is 0 Å². The second-order valence-corrected chi connectivity index (χ2v) is 3.77. The Morgan fingerprint density at radius 1 is 0.438 bits per heavy atom. The zero-order valence-electron chi connectivity index (χ0n) is 13.7. The second kappa shape index (κ2) is 45.9. The minimum Gasteiger partial charge on any atom is -0.0683 e. The topological polar surface area (TPSA) is 0 Å². The maximum absolute atomic E-state index is 2.25. The van der Waals surface area contributed by atoms with Crippen molar-refractivity contribution < 1.29 is 0 Å². The molecule has 104 valence electrons. The summed E-state index contributed by atoms with van der Waals surface area (Å²) in [7, 11) is 0. The summed E-state index contributed by atoms with van der Waals surface area (Å²) in [5, 5.41) is 0. The summed E-state index contributed by atoms with van der Waals surface area (Å²) in [6.45, 7) is 17.1. The van der Waals surface area contributed by atoms with Crippen LogP contribution in [0.5, 0.6) is 0 Å². The zero-order valence-corrected chi connectivity index (χ0v) is 13.7. The third-order valence-electron chi connectivity index (χ3n) is 1.71. The highest BCUT2D eigenvalue weighted by Crippen LogP contribution is 2.00. The molecule has 0 aliphatic heterocycles. The van der Waals surface area contributed by atoms with Gasteiger partial charge in [0, 0.05) is 0 Å². The van der Waals surface area contributed by atoms with E-state index in [1.165, 1.54) is 51.4 Å². The van der Waals surface area contributed by atoms with Crippen LogP contribution in [0.2, 0.25) is 0 Å². The third kappa shape index (κ3) is 94.6. The Morgan fingerprint density at radius 3 is 0.812 bits per heavy atom. The highest BCUT2D eigenvalue weighted by molar-refractivity contribution is 4.35. The highest BCUT2D eigenvalue weighted by Gasteiger charge is 1.80. The standard InChI is InChI=1S/C7H16.C4H10.C3H8.C2H6/c1-3-5-7-6-4-2;1-3-4-2;1-3-2;1-2/h3-7H2,1-2H3;3-4H2,1-2H3;3H2,1-2H3;1-2H3. The molecule has 0 bridgehead atoms. The van der Waals surface area contributed by atoms with Crippen molar-refractivity contribution in [3.63, 3.8) is 0 Å². The molecule has 0 aliphatic carbocycles. The van der Waals surface area contributed by atoms with Gasteiger partial charge in [0.25, 0.3) is 0 Å². The van der Waals surface area contributed by atoms with Gasteiger partial charge in [-0.05, 0) is 0 Å². The largest absolute Gasteiger partial charge is 0.0683 e. The molecule has 0 aliphatic rings. The smallest absolute Gasteiger partial charge is 0.0533 e. The van der Waals surface area contributed by atoms with E-state index in [0.717, 1.165) is 0 Å². The van der Waals surface area contributed by atoms with E-state index in [1.54, 1.807) is 0 Å². The van der Waals surface area contributed by atoms with Crippen molar-refractivity contribution in [3.05, 3.63) is 0 Å². The maximum atomic E-state index is 2.25. The van der Waals surface area contributed by atoms with E-state index in [9.17, 15) is 0 Å². The van der Waals surface area contributed by atoms with Gasteiger partial charge in [-0.1, -0.05) is 107 Å². The number of hydrogen-bond acceptors (Lipinski definition) is 0. The van der Waals surface area contributed by atoms with Crippen LogP contribution in [0.1, 0.15) is 107 Å². The Hall–Kier alpha value is 0. The molecule has 0 fully saturated rings. The summed E-state index contributed by atoms with van der Waals surface area (Å²) < 4.78 is 0. The zero-order chi connectivity index (χ0) is 13.7. The minimum atomic E-state index is 1.25. The molecule has 0 aromatic carbocycles. The van der Waals surface area contributed by atoms with E-state index in [2.05, 4.69) is 41.5 Å². The van der Waals surface area contributed by atoms with E-state index in [-0.39, 0.29) is 0 Å². The summed E-state index contributed by atoms with van der Waals surface area (Å²) in [5.74, 6) is 0. The van der Waals surface area contributed by atoms with Crippen LogP contribution in [0.25, 0.3) is 0 Å². The SMILES string of the molecule is CC.CCC.CCCC.CCCCCCC. The molecule has 0 heterocycles. The van der Waals surface area contributed by atoms with Gasteiger partial charge in [0.2, 0.25) is 0 Å². The van der Waals surface area contributed by atoms with E-state index in [4.69, 9.17) is 0 Å². The molecule has 0 atom stereocenters. The van der Waals surface area contributed by atoms with Crippen LogP contribution in [0.4, 0.5) is 0 Å². The molecule has 0 saturated heterocycles. The van der Waals surface area contributed by atoms with Crippen LogP contribution in [0.15, 0.2) is 0 Å². The predicted molar refractivity (Wildman–Crippen MR) is 82.3 cm³/mol. The Labute approximate surface area is 107 Å². The average Bonchev–Trinajstić information content (AvgIpc) is 2.34. The molecule has 0 nitrogen and oxygen atoms in total. The predicted octanol–water partition coefficient (Wildman–Crippen LogP) is 7.23.